The van der Waals surface area contributed by atoms with E-state index in [9.17, 15) is 0 Å². The third-order valence-corrected chi connectivity index (χ3v) is 12.6. The fraction of sp³-hybridized carbons (Fsp3) is 0.833. The molecular formula is C24H26O4. The van der Waals surface area contributed by atoms with Crippen molar-refractivity contribution in [3.63, 3.8) is 0 Å². The molecule has 2 saturated heterocycles. The summed E-state index contributed by atoms with van der Waals surface area (Å²) in [5, 5.41) is 0. The number of allylic oxidation sites excluding steroid dienone is 4. The Bertz CT molecular complexity index is 790. The van der Waals surface area contributed by atoms with Crippen molar-refractivity contribution in [3.8, 4) is 0 Å². The van der Waals surface area contributed by atoms with Gasteiger partial charge in [0, 0.05) is 23.7 Å². The first-order valence-corrected chi connectivity index (χ1v) is 11.7. The van der Waals surface area contributed by atoms with Crippen LogP contribution >= 0.6 is 0 Å². The molecule has 4 heteroatoms. The lowest BCUT2D eigenvalue weighted by Gasteiger charge is -2.80. The largest absolute Gasteiger partial charge is 0.347 e. The Labute approximate surface area is 164 Å². The minimum atomic E-state index is -0.289. The van der Waals surface area contributed by atoms with E-state index in [0.29, 0.717) is 57.2 Å². The van der Waals surface area contributed by atoms with Gasteiger partial charge >= 0.3 is 0 Å². The van der Waals surface area contributed by atoms with Crippen LogP contribution in [-0.2, 0) is 18.9 Å². The highest BCUT2D eigenvalue weighted by atomic mass is 16.8. The predicted molar refractivity (Wildman–Crippen MR) is 96.7 cm³/mol. The zero-order valence-corrected chi connectivity index (χ0v) is 16.1. The van der Waals surface area contributed by atoms with Gasteiger partial charge in [0.1, 0.15) is 0 Å². The van der Waals surface area contributed by atoms with E-state index in [1.165, 1.54) is 25.7 Å². The van der Waals surface area contributed by atoms with Gasteiger partial charge in [0.2, 0.25) is 0 Å². The number of hydrogen-bond donors (Lipinski definition) is 0. The topological polar surface area (TPSA) is 36.9 Å². The number of ether oxygens (including phenoxy) is 4. The van der Waals surface area contributed by atoms with Crippen LogP contribution in [0.4, 0.5) is 0 Å². The van der Waals surface area contributed by atoms with Crippen molar-refractivity contribution >= 4 is 0 Å². The molecule has 0 radical (unpaired) electrons. The highest BCUT2D eigenvalue weighted by Gasteiger charge is 3.14. The van der Waals surface area contributed by atoms with Crippen molar-refractivity contribution in [1.82, 2.24) is 0 Å². The molecule has 0 amide bonds. The second kappa shape index (κ2) is 3.51. The summed E-state index contributed by atoms with van der Waals surface area (Å²) in [5.41, 5.74) is 1.42. The average Bonchev–Trinajstić information content (AvgIpc) is 3.50. The molecule has 11 aliphatic rings. The molecule has 6 spiro atoms. The van der Waals surface area contributed by atoms with Crippen molar-refractivity contribution in [1.29, 1.82) is 0 Å². The molecule has 2 heterocycles. The summed E-state index contributed by atoms with van der Waals surface area (Å²) in [5.74, 6) is 3.04. The molecule has 2 aliphatic heterocycles. The summed E-state index contributed by atoms with van der Waals surface area (Å²) in [4.78, 5) is 0. The number of hydrogen-bond acceptors (Lipinski definition) is 4. The third-order valence-electron chi connectivity index (χ3n) is 12.6. The lowest BCUT2D eigenvalue weighted by atomic mass is 9.22. The normalized spacial score (nSPS) is 70.0. The first-order valence-electron chi connectivity index (χ1n) is 11.7. The predicted octanol–water partition coefficient (Wildman–Crippen LogP) is 2.90. The van der Waals surface area contributed by atoms with Gasteiger partial charge in [-0.15, -0.1) is 0 Å². The van der Waals surface area contributed by atoms with E-state index < -0.39 is 0 Å². The maximum Gasteiger partial charge on any atom is 0.175 e. The van der Waals surface area contributed by atoms with Crippen molar-refractivity contribution in [3.05, 3.63) is 24.3 Å². The van der Waals surface area contributed by atoms with Crippen LogP contribution in [0.15, 0.2) is 24.3 Å². The van der Waals surface area contributed by atoms with Crippen LogP contribution < -0.4 is 0 Å². The van der Waals surface area contributed by atoms with Crippen molar-refractivity contribution < 1.29 is 18.9 Å². The summed E-state index contributed by atoms with van der Waals surface area (Å²) in [6, 6.07) is 0. The first-order chi connectivity index (χ1) is 13.8. The van der Waals surface area contributed by atoms with Crippen LogP contribution in [0.3, 0.4) is 0 Å². The molecule has 0 aromatic rings. The molecule has 7 saturated carbocycles. The molecule has 2 unspecified atom stereocenters. The van der Waals surface area contributed by atoms with E-state index in [-0.39, 0.29) is 11.6 Å². The van der Waals surface area contributed by atoms with Crippen molar-refractivity contribution in [2.75, 3.05) is 26.4 Å². The Hall–Kier alpha value is -0.680. The lowest BCUT2D eigenvalue weighted by Crippen LogP contribution is -2.77. The Kier molecular flexibility index (Phi) is 1.80. The van der Waals surface area contributed by atoms with Gasteiger partial charge in [0.05, 0.1) is 26.4 Å². The maximum atomic E-state index is 6.71. The van der Waals surface area contributed by atoms with Gasteiger partial charge in [-0.25, -0.2) is 0 Å². The summed E-state index contributed by atoms with van der Waals surface area (Å²) in [7, 11) is 0. The van der Waals surface area contributed by atoms with E-state index in [4.69, 9.17) is 18.9 Å². The molecule has 11 rings (SSSR count). The molecule has 0 N–H and O–H groups in total. The number of rotatable bonds is 0. The van der Waals surface area contributed by atoms with Crippen LogP contribution in [0.5, 0.6) is 0 Å². The van der Waals surface area contributed by atoms with Gasteiger partial charge in [0.25, 0.3) is 0 Å². The molecule has 146 valence electrons. The fourth-order valence-corrected chi connectivity index (χ4v) is 13.8. The van der Waals surface area contributed by atoms with Gasteiger partial charge in [-0.2, -0.15) is 0 Å². The molecule has 9 aliphatic carbocycles. The van der Waals surface area contributed by atoms with Gasteiger partial charge in [0.15, 0.2) is 11.6 Å². The van der Waals surface area contributed by atoms with Crippen LogP contribution in [-0.4, -0.2) is 38.0 Å². The zero-order valence-electron chi connectivity index (χ0n) is 16.1. The molecule has 9 fully saturated rings. The first kappa shape index (κ1) is 14.3. The van der Waals surface area contributed by atoms with Crippen LogP contribution in [0, 0.1) is 57.2 Å². The highest BCUT2D eigenvalue weighted by Crippen LogP contribution is 3.13. The van der Waals surface area contributed by atoms with Gasteiger partial charge in [-0.05, 0) is 59.2 Å². The zero-order chi connectivity index (χ0) is 17.8. The van der Waals surface area contributed by atoms with E-state index >= 15 is 0 Å². The summed E-state index contributed by atoms with van der Waals surface area (Å²) < 4.78 is 26.8. The molecule has 4 nitrogen and oxygen atoms in total. The minimum absolute atomic E-state index is 0.289. The maximum absolute atomic E-state index is 6.71. The second-order valence-corrected chi connectivity index (χ2v) is 11.5. The van der Waals surface area contributed by atoms with Gasteiger partial charge in [-0.1, -0.05) is 24.3 Å². The standard InChI is InChI=1S/C24H26O4/c1-2-6-20-16-13-14-17-21(19(20,5-1)15(13)23(17)25-9-10-26-23)7-3-4-8-22(20,21)18(14)24(16)27-11-12-28-24/h1-4,13-18H,5-12H2/t13?,14?,15-,16+,17+,18-,19?,20?,21?,22?. The molecule has 28 heavy (non-hydrogen) atoms. The Morgan fingerprint density at radius 1 is 0.464 bits per heavy atom. The van der Waals surface area contributed by atoms with Crippen molar-refractivity contribution in [2.24, 2.45) is 57.2 Å². The fourth-order valence-electron chi connectivity index (χ4n) is 13.8. The van der Waals surface area contributed by atoms with Crippen LogP contribution in [0.1, 0.15) is 25.7 Å². The average molecular weight is 378 g/mol. The van der Waals surface area contributed by atoms with Crippen LogP contribution in [0.2, 0.25) is 0 Å². The smallest absolute Gasteiger partial charge is 0.175 e. The van der Waals surface area contributed by atoms with E-state index in [0.717, 1.165) is 26.4 Å². The lowest BCUT2D eigenvalue weighted by molar-refractivity contribution is -0.326. The highest BCUT2D eigenvalue weighted by molar-refractivity contribution is 5.60. The van der Waals surface area contributed by atoms with Gasteiger partial charge in [-0.3, -0.25) is 0 Å². The third kappa shape index (κ3) is 0.772. The molecular weight excluding hydrogens is 352 g/mol. The minimum Gasteiger partial charge on any atom is -0.347 e. The molecule has 0 aromatic heterocycles. The SMILES string of the molecule is C1=CCC23[C@H]4C5C6[C@H](C47OCCO7)C24CC=CCC42[C@@H]6C4(OCCO4)[C@@H]5C23C1. The van der Waals surface area contributed by atoms with Crippen molar-refractivity contribution in [2.45, 2.75) is 37.3 Å². The van der Waals surface area contributed by atoms with E-state index in [1.54, 1.807) is 0 Å². The summed E-state index contributed by atoms with van der Waals surface area (Å²) >= 11 is 0. The van der Waals surface area contributed by atoms with E-state index in [2.05, 4.69) is 24.3 Å². The van der Waals surface area contributed by atoms with E-state index in [1.807, 2.05) is 0 Å². The summed E-state index contributed by atoms with van der Waals surface area (Å²) in [6.45, 7) is 3.16. The quantitative estimate of drug-likeness (QED) is 0.608. The van der Waals surface area contributed by atoms with Crippen LogP contribution in [0.25, 0.3) is 0 Å². The molecule has 4 bridgehead atoms. The molecule has 6 atom stereocenters. The van der Waals surface area contributed by atoms with Gasteiger partial charge < -0.3 is 18.9 Å². The molecule has 0 aromatic carbocycles. The Morgan fingerprint density at radius 2 is 0.750 bits per heavy atom. The Balaban J connectivity index is 1.40. The Morgan fingerprint density at radius 3 is 1.04 bits per heavy atom. The monoisotopic (exact) mass is 378 g/mol. The summed E-state index contributed by atoms with van der Waals surface area (Å²) in [6.07, 6.45) is 15.0. The second-order valence-electron chi connectivity index (χ2n) is 11.5.